The van der Waals surface area contributed by atoms with Crippen molar-refractivity contribution < 1.29 is 19.1 Å². The fourth-order valence-electron chi connectivity index (χ4n) is 3.85. The Kier molecular flexibility index (Phi) is 1.02. The summed E-state index contributed by atoms with van der Waals surface area (Å²) in [6.07, 6.45) is 1.85. The third-order valence-corrected chi connectivity index (χ3v) is 4.35. The molecule has 2 saturated heterocycles. The molecule has 5 rings (SSSR count). The van der Waals surface area contributed by atoms with E-state index in [1.54, 1.807) is 0 Å². The third-order valence-electron chi connectivity index (χ3n) is 4.35. The van der Waals surface area contributed by atoms with Gasteiger partial charge in [-0.3, -0.25) is 9.59 Å². The lowest BCUT2D eigenvalue weighted by atomic mass is 9.59. The van der Waals surface area contributed by atoms with Crippen LogP contribution in [0.4, 0.5) is 0 Å². The van der Waals surface area contributed by atoms with Gasteiger partial charge in [0.1, 0.15) is 12.2 Å². The molecule has 0 spiro atoms. The highest BCUT2D eigenvalue weighted by Gasteiger charge is 2.67. The molecule has 0 aromatic carbocycles. The van der Waals surface area contributed by atoms with E-state index in [9.17, 15) is 9.59 Å². The van der Waals surface area contributed by atoms with Gasteiger partial charge in [-0.2, -0.15) is 0 Å². The van der Waals surface area contributed by atoms with E-state index in [1.807, 2.05) is 0 Å². The first kappa shape index (κ1) is 7.26. The molecule has 0 radical (unpaired) electrons. The van der Waals surface area contributed by atoms with Gasteiger partial charge in [-0.1, -0.05) is 0 Å². The van der Waals surface area contributed by atoms with Crippen LogP contribution >= 0.6 is 0 Å². The quantitative estimate of drug-likeness (QED) is 0.513. The smallest absolute Gasteiger partial charge is 0.310 e. The molecule has 74 valence electrons. The zero-order valence-corrected chi connectivity index (χ0v) is 7.51. The molecule has 3 aliphatic carbocycles. The van der Waals surface area contributed by atoms with E-state index in [2.05, 4.69) is 0 Å². The van der Waals surface area contributed by atoms with E-state index in [0.717, 1.165) is 12.8 Å². The monoisotopic (exact) mass is 194 g/mol. The number of ether oxygens (including phenoxy) is 2. The predicted octanol–water partition coefficient (Wildman–Crippen LogP) is 0.109. The number of hydrogen-bond donors (Lipinski definition) is 0. The van der Waals surface area contributed by atoms with E-state index in [-0.39, 0.29) is 47.8 Å². The summed E-state index contributed by atoms with van der Waals surface area (Å²) in [4.78, 5) is 23.1. The Morgan fingerprint density at radius 3 is 1.71 bits per heavy atom. The second-order valence-electron chi connectivity index (χ2n) is 4.80. The largest absolute Gasteiger partial charge is 0.462 e. The van der Waals surface area contributed by atoms with Crippen LogP contribution < -0.4 is 0 Å². The van der Waals surface area contributed by atoms with Crippen LogP contribution in [0.25, 0.3) is 0 Å². The van der Waals surface area contributed by atoms with Crippen LogP contribution in [0.2, 0.25) is 0 Å². The van der Waals surface area contributed by atoms with Crippen molar-refractivity contribution in [3.05, 3.63) is 0 Å². The average Bonchev–Trinajstić information content (AvgIpc) is 2.53. The van der Waals surface area contributed by atoms with Crippen molar-refractivity contribution in [2.75, 3.05) is 0 Å². The highest BCUT2D eigenvalue weighted by atomic mass is 16.6. The van der Waals surface area contributed by atoms with Gasteiger partial charge in [0.25, 0.3) is 0 Å². The highest BCUT2D eigenvalue weighted by Crippen LogP contribution is 2.58. The van der Waals surface area contributed by atoms with E-state index < -0.39 is 0 Å². The molecule has 0 unspecified atom stereocenters. The minimum absolute atomic E-state index is 0.0829. The van der Waals surface area contributed by atoms with E-state index in [1.165, 1.54) is 0 Å². The van der Waals surface area contributed by atoms with E-state index >= 15 is 0 Å². The summed E-state index contributed by atoms with van der Waals surface area (Å²) in [6, 6.07) is 0. The van der Waals surface area contributed by atoms with Gasteiger partial charge in [0, 0.05) is 11.8 Å². The zero-order valence-electron chi connectivity index (χ0n) is 7.51. The van der Waals surface area contributed by atoms with Crippen molar-refractivity contribution in [2.45, 2.75) is 25.0 Å². The van der Waals surface area contributed by atoms with E-state index in [0.29, 0.717) is 0 Å². The summed E-state index contributed by atoms with van der Waals surface area (Å²) < 4.78 is 10.5. The molecular weight excluding hydrogens is 184 g/mol. The van der Waals surface area contributed by atoms with Crippen molar-refractivity contribution in [1.29, 1.82) is 0 Å². The molecule has 0 N–H and O–H groups in total. The molecule has 6 bridgehead atoms. The molecule has 0 aromatic rings. The Hall–Kier alpha value is -1.06. The first-order chi connectivity index (χ1) is 6.75. The summed E-state index contributed by atoms with van der Waals surface area (Å²) >= 11 is 0. The lowest BCUT2D eigenvalue weighted by Crippen LogP contribution is -2.47. The van der Waals surface area contributed by atoms with E-state index in [4.69, 9.17) is 9.47 Å². The van der Waals surface area contributed by atoms with Crippen LogP contribution in [0, 0.1) is 23.7 Å². The van der Waals surface area contributed by atoms with Gasteiger partial charge in [0.05, 0.1) is 11.8 Å². The lowest BCUT2D eigenvalue weighted by molar-refractivity contribution is -0.151. The van der Waals surface area contributed by atoms with Crippen molar-refractivity contribution >= 4 is 11.9 Å². The van der Waals surface area contributed by atoms with Gasteiger partial charge < -0.3 is 9.47 Å². The maximum atomic E-state index is 11.5. The Morgan fingerprint density at radius 2 is 1.29 bits per heavy atom. The van der Waals surface area contributed by atoms with Crippen LogP contribution in [-0.4, -0.2) is 24.1 Å². The summed E-state index contributed by atoms with van der Waals surface area (Å²) in [5.41, 5.74) is 0. The second kappa shape index (κ2) is 1.97. The molecule has 6 atom stereocenters. The maximum Gasteiger partial charge on any atom is 0.310 e. The summed E-state index contributed by atoms with van der Waals surface area (Å²) in [7, 11) is 0. The van der Waals surface area contributed by atoms with Crippen LogP contribution in [0.15, 0.2) is 0 Å². The van der Waals surface area contributed by atoms with Gasteiger partial charge in [0.2, 0.25) is 0 Å². The Bertz CT molecular complexity index is 316. The molecule has 4 nitrogen and oxygen atoms in total. The number of rotatable bonds is 0. The highest BCUT2D eigenvalue weighted by molar-refractivity contribution is 5.86. The molecular formula is C10H10O4. The average molecular weight is 194 g/mol. The summed E-state index contributed by atoms with van der Waals surface area (Å²) in [5, 5.41) is 0. The minimum atomic E-state index is -0.176. The van der Waals surface area contributed by atoms with Gasteiger partial charge in [0.15, 0.2) is 0 Å². The summed E-state index contributed by atoms with van der Waals surface area (Å²) in [5.74, 6) is -0.160. The maximum absolute atomic E-state index is 11.5. The zero-order chi connectivity index (χ0) is 9.45. The molecule has 14 heavy (non-hydrogen) atoms. The molecule has 0 aromatic heterocycles. The van der Waals surface area contributed by atoms with Crippen LogP contribution in [0.3, 0.4) is 0 Å². The minimum Gasteiger partial charge on any atom is -0.462 e. The Balaban J connectivity index is 1.88. The van der Waals surface area contributed by atoms with Crippen molar-refractivity contribution in [3.63, 3.8) is 0 Å². The standard InChI is InChI=1S/C10H10O4/c11-9-7-3-1-5-4(2-6(3)14-9)8(7)10(12)13-5/h3-8H,1-2H2/t3-,4+,5-,6-,7+,8-/m1/s1. The molecule has 2 heterocycles. The fourth-order valence-corrected chi connectivity index (χ4v) is 3.85. The fraction of sp³-hybridized carbons (Fsp3) is 0.800. The van der Waals surface area contributed by atoms with Crippen LogP contribution in [0.5, 0.6) is 0 Å². The van der Waals surface area contributed by atoms with Gasteiger partial charge in [-0.05, 0) is 12.8 Å². The predicted molar refractivity (Wildman–Crippen MR) is 43.0 cm³/mol. The Morgan fingerprint density at radius 1 is 0.857 bits per heavy atom. The number of carbonyl (C=O) groups is 2. The first-order valence-electron chi connectivity index (χ1n) is 5.16. The number of carbonyl (C=O) groups excluding carboxylic acids is 2. The Labute approximate surface area is 80.6 Å². The van der Waals surface area contributed by atoms with Gasteiger partial charge >= 0.3 is 11.9 Å². The van der Waals surface area contributed by atoms with Crippen LogP contribution in [0.1, 0.15) is 12.8 Å². The first-order valence-corrected chi connectivity index (χ1v) is 5.16. The molecule has 5 aliphatic rings. The van der Waals surface area contributed by atoms with Crippen LogP contribution in [-0.2, 0) is 19.1 Å². The second-order valence-corrected chi connectivity index (χ2v) is 4.80. The molecule has 5 fully saturated rings. The summed E-state index contributed by atoms with van der Waals surface area (Å²) in [6.45, 7) is 0. The number of hydrogen-bond acceptors (Lipinski definition) is 4. The lowest BCUT2D eigenvalue weighted by Gasteiger charge is -2.40. The van der Waals surface area contributed by atoms with Gasteiger partial charge in [-0.25, -0.2) is 0 Å². The molecule has 3 saturated carbocycles. The SMILES string of the molecule is O=C1O[C@@H]2C[C@H]3[C@@H]4C(=O)O[C@@H]3C[C@@H]2[C@@H]14. The van der Waals surface area contributed by atoms with Crippen molar-refractivity contribution in [3.8, 4) is 0 Å². The number of esters is 2. The van der Waals surface area contributed by atoms with Gasteiger partial charge in [-0.15, -0.1) is 0 Å². The topological polar surface area (TPSA) is 52.6 Å². The molecule has 0 amide bonds. The molecule has 4 heteroatoms. The van der Waals surface area contributed by atoms with Crippen molar-refractivity contribution in [1.82, 2.24) is 0 Å². The molecule has 2 aliphatic heterocycles. The normalized spacial score (nSPS) is 57.4. The van der Waals surface area contributed by atoms with Crippen molar-refractivity contribution in [2.24, 2.45) is 23.7 Å². The third kappa shape index (κ3) is 0.586.